The third kappa shape index (κ3) is 1.53. The fourth-order valence-corrected chi connectivity index (χ4v) is 3.16. The highest BCUT2D eigenvalue weighted by atomic mass is 16.5. The van der Waals surface area contributed by atoms with Gasteiger partial charge in [0, 0.05) is 36.0 Å². The zero-order valence-electron chi connectivity index (χ0n) is 10.9. The lowest BCUT2D eigenvalue weighted by atomic mass is 9.87. The normalized spacial score (nSPS) is 17.7. The Morgan fingerprint density at radius 2 is 1.83 bits per heavy atom. The first-order valence-corrected chi connectivity index (χ1v) is 6.61. The quantitative estimate of drug-likeness (QED) is 0.769. The zero-order valence-corrected chi connectivity index (χ0v) is 10.9. The van der Waals surface area contributed by atoms with Crippen molar-refractivity contribution in [3.8, 4) is 11.5 Å². The Bertz CT molecular complexity index is 470. The van der Waals surface area contributed by atoms with Crippen molar-refractivity contribution in [3.63, 3.8) is 0 Å². The van der Waals surface area contributed by atoms with Crippen molar-refractivity contribution in [3.05, 3.63) is 22.3 Å². The van der Waals surface area contributed by atoms with Crippen LogP contribution < -0.4 is 9.47 Å². The molecule has 0 radical (unpaired) electrons. The van der Waals surface area contributed by atoms with Gasteiger partial charge in [0.05, 0.1) is 13.2 Å². The molecule has 0 saturated carbocycles. The molecule has 0 aromatic heterocycles. The summed E-state index contributed by atoms with van der Waals surface area (Å²) in [5, 5.41) is 0. The summed E-state index contributed by atoms with van der Waals surface area (Å²) in [6.07, 6.45) is 3.43. The largest absolute Gasteiger partial charge is 0.493 e. The van der Waals surface area contributed by atoms with E-state index in [-0.39, 0.29) is 5.92 Å². The molecular weight excluding hydrogens is 228 g/mol. The van der Waals surface area contributed by atoms with E-state index in [0.29, 0.717) is 6.42 Å². The average Bonchev–Trinajstić information content (AvgIpc) is 2.97. The van der Waals surface area contributed by atoms with Crippen molar-refractivity contribution in [1.29, 1.82) is 0 Å². The molecule has 2 aliphatic heterocycles. The maximum Gasteiger partial charge on any atom is 0.126 e. The van der Waals surface area contributed by atoms with Crippen molar-refractivity contribution in [2.45, 2.75) is 39.0 Å². The molecule has 1 aromatic carbocycles. The summed E-state index contributed by atoms with van der Waals surface area (Å²) in [7, 11) is 0. The fourth-order valence-electron chi connectivity index (χ4n) is 3.16. The lowest BCUT2D eigenvalue weighted by molar-refractivity contribution is -0.108. The van der Waals surface area contributed by atoms with E-state index in [1.165, 1.54) is 22.3 Å². The fraction of sp³-hybridized carbons (Fsp3) is 0.533. The molecule has 2 heterocycles. The molecule has 0 bridgehead atoms. The van der Waals surface area contributed by atoms with Crippen LogP contribution in [0.25, 0.3) is 0 Å². The Kier molecular flexibility index (Phi) is 2.77. The summed E-state index contributed by atoms with van der Waals surface area (Å²) in [4.78, 5) is 10.8. The molecule has 0 spiro atoms. The van der Waals surface area contributed by atoms with Gasteiger partial charge >= 0.3 is 0 Å². The Labute approximate surface area is 107 Å². The molecule has 96 valence electrons. The van der Waals surface area contributed by atoms with Crippen molar-refractivity contribution < 1.29 is 14.3 Å². The van der Waals surface area contributed by atoms with Gasteiger partial charge in [-0.1, -0.05) is 6.92 Å². The van der Waals surface area contributed by atoms with Gasteiger partial charge in [0.15, 0.2) is 0 Å². The van der Waals surface area contributed by atoms with E-state index in [9.17, 15) is 4.79 Å². The Morgan fingerprint density at radius 3 is 2.56 bits per heavy atom. The molecule has 0 N–H and O–H groups in total. The Balaban J connectivity index is 2.20. The summed E-state index contributed by atoms with van der Waals surface area (Å²) < 4.78 is 11.6. The second-order valence-corrected chi connectivity index (χ2v) is 5.15. The lowest BCUT2D eigenvalue weighted by Gasteiger charge is -2.19. The highest BCUT2D eigenvalue weighted by molar-refractivity contribution is 5.64. The maximum absolute atomic E-state index is 10.8. The summed E-state index contributed by atoms with van der Waals surface area (Å²) in [5.41, 5.74) is 5.00. The third-order valence-corrected chi connectivity index (χ3v) is 4.05. The van der Waals surface area contributed by atoms with E-state index in [0.717, 1.165) is 43.8 Å². The monoisotopic (exact) mass is 246 g/mol. The number of ether oxygens (including phenoxy) is 2. The van der Waals surface area contributed by atoms with Gasteiger partial charge in [-0.25, -0.2) is 0 Å². The number of carbonyl (C=O) groups excluding carboxylic acids is 1. The second kappa shape index (κ2) is 4.30. The molecule has 3 rings (SSSR count). The minimum atomic E-state index is 0.213. The van der Waals surface area contributed by atoms with E-state index in [4.69, 9.17) is 9.47 Å². The van der Waals surface area contributed by atoms with Crippen molar-refractivity contribution in [1.82, 2.24) is 0 Å². The molecule has 0 amide bonds. The van der Waals surface area contributed by atoms with Gasteiger partial charge < -0.3 is 14.3 Å². The molecule has 18 heavy (non-hydrogen) atoms. The molecular formula is C15H18O3. The Hall–Kier alpha value is -1.51. The van der Waals surface area contributed by atoms with Gasteiger partial charge in [-0.05, 0) is 18.4 Å². The van der Waals surface area contributed by atoms with E-state index in [1.807, 2.05) is 0 Å². The van der Waals surface area contributed by atoms with E-state index >= 15 is 0 Å². The van der Waals surface area contributed by atoms with Crippen molar-refractivity contribution in [2.24, 2.45) is 0 Å². The van der Waals surface area contributed by atoms with Crippen molar-refractivity contribution in [2.75, 3.05) is 13.2 Å². The predicted molar refractivity (Wildman–Crippen MR) is 68.7 cm³/mol. The SMILES string of the molecule is Cc1c2c(c(C(C)CC=O)c3c1OCC3)OCC2. The second-order valence-electron chi connectivity index (χ2n) is 5.15. The number of carbonyl (C=O) groups is 1. The molecule has 0 saturated heterocycles. The molecule has 2 aliphatic rings. The highest BCUT2D eigenvalue weighted by Crippen LogP contribution is 2.47. The topological polar surface area (TPSA) is 35.5 Å². The van der Waals surface area contributed by atoms with Crippen LogP contribution in [-0.4, -0.2) is 19.5 Å². The van der Waals surface area contributed by atoms with Crippen LogP contribution in [0.1, 0.15) is 41.5 Å². The standard InChI is InChI=1S/C15H18O3/c1-9(3-6-16)13-12-5-8-17-14(12)10(2)11-4-7-18-15(11)13/h6,9H,3-5,7-8H2,1-2H3. The van der Waals surface area contributed by atoms with Gasteiger partial charge in [0.25, 0.3) is 0 Å². The van der Waals surface area contributed by atoms with Crippen LogP contribution in [-0.2, 0) is 17.6 Å². The smallest absolute Gasteiger partial charge is 0.126 e. The minimum absolute atomic E-state index is 0.213. The first-order valence-electron chi connectivity index (χ1n) is 6.61. The van der Waals surface area contributed by atoms with Crippen LogP contribution >= 0.6 is 0 Å². The number of benzene rings is 1. The summed E-state index contributed by atoms with van der Waals surface area (Å²) >= 11 is 0. The lowest BCUT2D eigenvalue weighted by Crippen LogP contribution is -2.03. The van der Waals surface area contributed by atoms with Crippen LogP contribution in [0.4, 0.5) is 0 Å². The van der Waals surface area contributed by atoms with Crippen LogP contribution in [0.2, 0.25) is 0 Å². The van der Waals surface area contributed by atoms with Crippen LogP contribution in [0, 0.1) is 6.92 Å². The highest BCUT2D eigenvalue weighted by Gasteiger charge is 2.31. The minimum Gasteiger partial charge on any atom is -0.493 e. The summed E-state index contributed by atoms with van der Waals surface area (Å²) in [5.74, 6) is 2.29. The predicted octanol–water partition coefficient (Wildman–Crippen LogP) is 2.56. The molecule has 3 heteroatoms. The number of rotatable bonds is 3. The molecule has 1 aromatic rings. The Morgan fingerprint density at radius 1 is 1.17 bits per heavy atom. The van der Waals surface area contributed by atoms with Gasteiger partial charge in [0.2, 0.25) is 0 Å². The number of fused-ring (bicyclic) bond motifs is 2. The summed E-state index contributed by atoms with van der Waals surface area (Å²) in [6.45, 7) is 5.71. The molecule has 0 fully saturated rings. The average molecular weight is 246 g/mol. The number of aldehydes is 1. The van der Waals surface area contributed by atoms with Crippen LogP contribution in [0.15, 0.2) is 0 Å². The van der Waals surface area contributed by atoms with Gasteiger partial charge in [-0.15, -0.1) is 0 Å². The first kappa shape index (κ1) is 11.6. The van der Waals surface area contributed by atoms with E-state index in [2.05, 4.69) is 13.8 Å². The number of hydrogen-bond donors (Lipinski definition) is 0. The number of hydrogen-bond acceptors (Lipinski definition) is 3. The summed E-state index contributed by atoms with van der Waals surface area (Å²) in [6, 6.07) is 0. The van der Waals surface area contributed by atoms with Gasteiger partial charge in [-0.2, -0.15) is 0 Å². The molecule has 0 aliphatic carbocycles. The molecule has 3 nitrogen and oxygen atoms in total. The molecule has 1 unspecified atom stereocenters. The first-order chi connectivity index (χ1) is 8.74. The van der Waals surface area contributed by atoms with Crippen molar-refractivity contribution >= 4 is 6.29 Å². The zero-order chi connectivity index (χ0) is 12.7. The van der Waals surface area contributed by atoms with Gasteiger partial charge in [0.1, 0.15) is 17.8 Å². The third-order valence-electron chi connectivity index (χ3n) is 4.05. The van der Waals surface area contributed by atoms with Crippen LogP contribution in [0.5, 0.6) is 11.5 Å². The van der Waals surface area contributed by atoms with Crippen LogP contribution in [0.3, 0.4) is 0 Å². The van der Waals surface area contributed by atoms with E-state index < -0.39 is 0 Å². The molecule has 1 atom stereocenters. The van der Waals surface area contributed by atoms with Gasteiger partial charge in [-0.3, -0.25) is 0 Å². The maximum atomic E-state index is 10.8. The van der Waals surface area contributed by atoms with E-state index in [1.54, 1.807) is 0 Å².